The van der Waals surface area contributed by atoms with E-state index in [1.54, 1.807) is 0 Å². The number of carboxylic acids is 1. The number of rotatable bonds is 5. The highest BCUT2D eigenvalue weighted by molar-refractivity contribution is 5.92. The number of nitrogens with one attached hydrogen (secondary N) is 1. The number of hydrogen-bond donors (Lipinski definition) is 4. The first-order valence-corrected chi connectivity index (χ1v) is 5.46. The van der Waals surface area contributed by atoms with Gasteiger partial charge in [-0.1, -0.05) is 12.8 Å². The lowest BCUT2D eigenvalue weighted by atomic mass is 9.97. The molecule has 6 N–H and O–H groups in total. The maximum atomic E-state index is 11.8. The van der Waals surface area contributed by atoms with Gasteiger partial charge in [0.15, 0.2) is 0 Å². The highest BCUT2D eigenvalue weighted by Crippen LogP contribution is 2.27. The maximum absolute atomic E-state index is 11.8. The Morgan fingerprint density at radius 1 is 1.29 bits per heavy atom. The summed E-state index contributed by atoms with van der Waals surface area (Å²) in [6.45, 7) is 0. The molecule has 96 valence electrons. The zero-order valence-electron chi connectivity index (χ0n) is 9.44. The largest absolute Gasteiger partial charge is 0.480 e. The topological polar surface area (TPSA) is 136 Å². The second kappa shape index (κ2) is 5.13. The third-order valence-corrected chi connectivity index (χ3v) is 2.96. The fraction of sp³-hybridized carbons (Fsp3) is 0.700. The summed E-state index contributed by atoms with van der Waals surface area (Å²) < 4.78 is 0. The average Bonchev–Trinajstić information content (AvgIpc) is 2.64. The summed E-state index contributed by atoms with van der Waals surface area (Å²) in [5.41, 5.74) is 9.76. The number of aliphatic carboxylic acids is 1. The summed E-state index contributed by atoms with van der Waals surface area (Å²) >= 11 is 0. The Bertz CT molecular complexity index is 336. The lowest BCUT2D eigenvalue weighted by molar-refractivity contribution is -0.144. The fourth-order valence-corrected chi connectivity index (χ4v) is 1.94. The predicted octanol–water partition coefficient (Wildman–Crippen LogP) is -1.30. The van der Waals surface area contributed by atoms with Crippen LogP contribution in [0.3, 0.4) is 0 Å². The van der Waals surface area contributed by atoms with Crippen LogP contribution in [0.25, 0.3) is 0 Å². The highest BCUT2D eigenvalue weighted by Gasteiger charge is 2.38. The van der Waals surface area contributed by atoms with Gasteiger partial charge in [-0.2, -0.15) is 0 Å². The Balaban J connectivity index is 2.63. The van der Waals surface area contributed by atoms with Crippen molar-refractivity contribution in [2.75, 3.05) is 0 Å². The first kappa shape index (κ1) is 13.4. The summed E-state index contributed by atoms with van der Waals surface area (Å²) in [6.07, 6.45) is 2.32. The molecule has 2 amide bonds. The number of carbonyl (C=O) groups excluding carboxylic acids is 2. The van der Waals surface area contributed by atoms with Crippen LogP contribution in [0.15, 0.2) is 0 Å². The van der Waals surface area contributed by atoms with Crippen LogP contribution >= 0.6 is 0 Å². The molecule has 0 aromatic heterocycles. The monoisotopic (exact) mass is 243 g/mol. The number of carboxylic acid groups (broad SMARTS) is 1. The third-order valence-electron chi connectivity index (χ3n) is 2.96. The van der Waals surface area contributed by atoms with Crippen molar-refractivity contribution in [2.45, 2.75) is 43.7 Å². The van der Waals surface area contributed by atoms with Gasteiger partial charge >= 0.3 is 5.97 Å². The average molecular weight is 243 g/mol. The second-order valence-corrected chi connectivity index (χ2v) is 4.40. The first-order chi connectivity index (χ1) is 7.85. The minimum Gasteiger partial charge on any atom is -0.480 e. The molecule has 1 atom stereocenters. The molecule has 0 saturated heterocycles. The van der Waals surface area contributed by atoms with Crippen LogP contribution in [0.1, 0.15) is 32.1 Å². The Kier molecular flexibility index (Phi) is 4.06. The van der Waals surface area contributed by atoms with E-state index in [1.807, 2.05) is 0 Å². The van der Waals surface area contributed by atoms with Crippen molar-refractivity contribution in [1.29, 1.82) is 0 Å². The van der Waals surface area contributed by atoms with Crippen molar-refractivity contribution in [2.24, 2.45) is 11.5 Å². The molecule has 1 saturated carbocycles. The van der Waals surface area contributed by atoms with E-state index in [9.17, 15) is 14.4 Å². The molecule has 1 fully saturated rings. The van der Waals surface area contributed by atoms with Gasteiger partial charge in [-0.15, -0.1) is 0 Å². The summed E-state index contributed by atoms with van der Waals surface area (Å²) in [4.78, 5) is 33.3. The van der Waals surface area contributed by atoms with Crippen LogP contribution in [-0.2, 0) is 14.4 Å². The molecule has 0 aromatic rings. The molecule has 0 heterocycles. The number of primary amides is 1. The SMILES string of the molecule is NC(=O)CC(NC(=O)C1(N)CCCC1)C(=O)O. The van der Waals surface area contributed by atoms with Crippen molar-refractivity contribution in [3.63, 3.8) is 0 Å². The predicted molar refractivity (Wildman–Crippen MR) is 58.8 cm³/mol. The number of carbonyl (C=O) groups is 3. The molecule has 7 nitrogen and oxygen atoms in total. The molecule has 0 radical (unpaired) electrons. The summed E-state index contributed by atoms with van der Waals surface area (Å²) in [7, 11) is 0. The quantitative estimate of drug-likeness (QED) is 0.476. The van der Waals surface area contributed by atoms with Crippen LogP contribution in [0.4, 0.5) is 0 Å². The zero-order valence-corrected chi connectivity index (χ0v) is 9.44. The van der Waals surface area contributed by atoms with Gasteiger partial charge in [-0.3, -0.25) is 9.59 Å². The molecule has 1 rings (SSSR count). The highest BCUT2D eigenvalue weighted by atomic mass is 16.4. The molecule has 0 aromatic carbocycles. The van der Waals surface area contributed by atoms with Crippen LogP contribution in [-0.4, -0.2) is 34.5 Å². The van der Waals surface area contributed by atoms with Gasteiger partial charge in [0.25, 0.3) is 0 Å². The van der Waals surface area contributed by atoms with Gasteiger partial charge < -0.3 is 21.9 Å². The number of hydrogen-bond acceptors (Lipinski definition) is 4. The standard InChI is InChI=1S/C10H17N3O4/c11-7(14)5-6(8(15)16)13-9(17)10(12)3-1-2-4-10/h6H,1-5,12H2,(H2,11,14)(H,13,17)(H,15,16). The van der Waals surface area contributed by atoms with Gasteiger partial charge in [0.2, 0.25) is 11.8 Å². The van der Waals surface area contributed by atoms with Gasteiger partial charge in [0, 0.05) is 0 Å². The van der Waals surface area contributed by atoms with E-state index in [0.717, 1.165) is 12.8 Å². The first-order valence-electron chi connectivity index (χ1n) is 5.46. The van der Waals surface area contributed by atoms with Crippen LogP contribution in [0.5, 0.6) is 0 Å². The summed E-state index contributed by atoms with van der Waals surface area (Å²) in [5, 5.41) is 11.1. The Morgan fingerprint density at radius 3 is 2.24 bits per heavy atom. The van der Waals surface area contributed by atoms with Gasteiger partial charge in [0.1, 0.15) is 6.04 Å². The summed E-state index contributed by atoms with van der Waals surface area (Å²) in [5.74, 6) is -2.60. The third kappa shape index (κ3) is 3.42. The van der Waals surface area contributed by atoms with Crippen LogP contribution in [0, 0.1) is 0 Å². The van der Waals surface area contributed by atoms with Gasteiger partial charge in [0.05, 0.1) is 12.0 Å². The Hall–Kier alpha value is -1.63. The molecule has 1 unspecified atom stereocenters. The van der Waals surface area contributed by atoms with Gasteiger partial charge in [-0.25, -0.2) is 4.79 Å². The van der Waals surface area contributed by atoms with Crippen molar-refractivity contribution in [3.8, 4) is 0 Å². The van der Waals surface area contributed by atoms with E-state index in [4.69, 9.17) is 16.6 Å². The molecule has 7 heteroatoms. The Morgan fingerprint density at radius 2 is 1.82 bits per heavy atom. The van der Waals surface area contributed by atoms with E-state index in [-0.39, 0.29) is 0 Å². The molecule has 1 aliphatic rings. The lowest BCUT2D eigenvalue weighted by Crippen LogP contribution is -2.56. The van der Waals surface area contributed by atoms with E-state index in [0.29, 0.717) is 12.8 Å². The molecule has 0 bridgehead atoms. The normalized spacial score (nSPS) is 19.6. The van der Waals surface area contributed by atoms with E-state index in [1.165, 1.54) is 0 Å². The second-order valence-electron chi connectivity index (χ2n) is 4.40. The zero-order chi connectivity index (χ0) is 13.1. The van der Waals surface area contributed by atoms with Crippen LogP contribution in [0.2, 0.25) is 0 Å². The Labute approximate surface area is 98.5 Å². The molecule has 17 heavy (non-hydrogen) atoms. The molecule has 0 spiro atoms. The maximum Gasteiger partial charge on any atom is 0.326 e. The minimum absolute atomic E-state index is 0.433. The number of nitrogens with two attached hydrogens (primary N) is 2. The number of amides is 2. The molecule has 1 aliphatic carbocycles. The smallest absolute Gasteiger partial charge is 0.326 e. The van der Waals surface area contributed by atoms with Crippen molar-refractivity contribution < 1.29 is 19.5 Å². The summed E-state index contributed by atoms with van der Waals surface area (Å²) in [6, 6.07) is -1.30. The molecular formula is C10H17N3O4. The lowest BCUT2D eigenvalue weighted by Gasteiger charge is -2.24. The molecular weight excluding hydrogens is 226 g/mol. The molecule has 0 aliphatic heterocycles. The fourth-order valence-electron chi connectivity index (χ4n) is 1.94. The van der Waals surface area contributed by atoms with E-state index >= 15 is 0 Å². The van der Waals surface area contributed by atoms with Gasteiger partial charge in [-0.05, 0) is 12.8 Å². The van der Waals surface area contributed by atoms with Crippen molar-refractivity contribution in [3.05, 3.63) is 0 Å². The van der Waals surface area contributed by atoms with E-state index in [2.05, 4.69) is 5.32 Å². The van der Waals surface area contributed by atoms with Crippen molar-refractivity contribution in [1.82, 2.24) is 5.32 Å². The minimum atomic E-state index is -1.30. The van der Waals surface area contributed by atoms with Crippen LogP contribution < -0.4 is 16.8 Å². The van der Waals surface area contributed by atoms with Crippen molar-refractivity contribution >= 4 is 17.8 Å². The van der Waals surface area contributed by atoms with E-state index < -0.39 is 35.8 Å².